The van der Waals surface area contributed by atoms with Crippen molar-refractivity contribution in [3.63, 3.8) is 0 Å². The average molecular weight is 281 g/mol. The molecule has 1 rings (SSSR count). The number of hydrogen-bond acceptors (Lipinski definition) is 5. The van der Waals surface area contributed by atoms with Gasteiger partial charge in [0.05, 0.1) is 18.8 Å². The monoisotopic (exact) mass is 281 g/mol. The Morgan fingerprint density at radius 2 is 1.85 bits per heavy atom. The van der Waals surface area contributed by atoms with Crippen LogP contribution >= 0.6 is 0 Å². The number of rotatable bonds is 9. The smallest absolute Gasteiger partial charge is 0.373 e. The van der Waals surface area contributed by atoms with E-state index < -0.39 is 5.97 Å². The third-order valence-corrected chi connectivity index (χ3v) is 2.46. The number of carbonyl (C=O) groups excluding carboxylic acids is 1. The molecule has 0 aliphatic carbocycles. The lowest BCUT2D eigenvalue weighted by Gasteiger charge is -2.09. The van der Waals surface area contributed by atoms with Gasteiger partial charge in [-0.3, -0.25) is 4.89 Å². The maximum Gasteiger partial charge on any atom is 0.373 e. The highest BCUT2D eigenvalue weighted by Crippen LogP contribution is 2.14. The van der Waals surface area contributed by atoms with Gasteiger partial charge in [-0.15, -0.1) is 0 Å². The first-order valence-electron chi connectivity index (χ1n) is 6.60. The molecule has 0 heterocycles. The number of unbranched alkanes of at least 4 members (excludes halogenated alkanes) is 1. The van der Waals surface area contributed by atoms with Gasteiger partial charge in [0, 0.05) is 7.11 Å². The van der Waals surface area contributed by atoms with Gasteiger partial charge in [0.2, 0.25) is 0 Å². The van der Waals surface area contributed by atoms with Crippen molar-refractivity contribution in [1.82, 2.24) is 0 Å². The fourth-order valence-electron chi connectivity index (χ4n) is 1.41. The van der Waals surface area contributed by atoms with Crippen LogP contribution in [0, 0.1) is 6.10 Å². The van der Waals surface area contributed by atoms with Crippen LogP contribution in [0.3, 0.4) is 0 Å². The number of benzene rings is 1. The summed E-state index contributed by atoms with van der Waals surface area (Å²) in [5.74, 6) is 0.179. The van der Waals surface area contributed by atoms with Gasteiger partial charge in [-0.2, -0.15) is 4.89 Å². The van der Waals surface area contributed by atoms with E-state index in [0.717, 1.165) is 18.6 Å². The first-order chi connectivity index (χ1) is 9.67. The molecule has 1 radical (unpaired) electrons. The summed E-state index contributed by atoms with van der Waals surface area (Å²) in [7, 11) is 1.53. The minimum absolute atomic E-state index is 0.275. The van der Waals surface area contributed by atoms with E-state index in [0.29, 0.717) is 18.3 Å². The molecule has 5 heteroatoms. The number of methoxy groups -OCH3 is 1. The minimum Gasteiger partial charge on any atom is -0.494 e. The van der Waals surface area contributed by atoms with Crippen molar-refractivity contribution in [2.24, 2.45) is 0 Å². The van der Waals surface area contributed by atoms with Crippen molar-refractivity contribution in [2.75, 3.05) is 20.3 Å². The molecule has 0 atom stereocenters. The van der Waals surface area contributed by atoms with Crippen LogP contribution in [0.5, 0.6) is 5.75 Å². The lowest BCUT2D eigenvalue weighted by atomic mass is 10.2. The van der Waals surface area contributed by atoms with Crippen molar-refractivity contribution in [2.45, 2.75) is 26.7 Å². The molecule has 0 N–H and O–H groups in total. The molecule has 111 valence electrons. The van der Waals surface area contributed by atoms with Gasteiger partial charge in [0.25, 0.3) is 0 Å². The Morgan fingerprint density at radius 1 is 1.15 bits per heavy atom. The van der Waals surface area contributed by atoms with Crippen molar-refractivity contribution >= 4 is 5.97 Å². The molecule has 0 unspecified atom stereocenters. The number of hydrogen-bond donors (Lipinski definition) is 0. The molecule has 0 aromatic heterocycles. The highest BCUT2D eigenvalue weighted by Gasteiger charge is 2.12. The van der Waals surface area contributed by atoms with Crippen LogP contribution in [0.1, 0.15) is 37.0 Å². The van der Waals surface area contributed by atoms with Crippen molar-refractivity contribution in [3.8, 4) is 5.75 Å². The normalized spacial score (nSPS) is 10.6. The van der Waals surface area contributed by atoms with Crippen LogP contribution in [0.4, 0.5) is 0 Å². The summed E-state index contributed by atoms with van der Waals surface area (Å²) in [6.45, 7) is 4.72. The Kier molecular flexibility index (Phi) is 7.69. The van der Waals surface area contributed by atoms with Crippen LogP contribution in [0.15, 0.2) is 24.3 Å². The second-order valence-corrected chi connectivity index (χ2v) is 4.32. The standard InChI is InChI=1S/C15H21O5/c1-4-5-10-18-14-8-6-13(7-9-14)15(16)20-19-12(2)11-17-3/h6-9H,4-5,10-11H2,1-3H3. The Labute approximate surface area is 119 Å². The summed E-state index contributed by atoms with van der Waals surface area (Å²) in [6, 6.07) is 6.74. The quantitative estimate of drug-likeness (QED) is 0.395. The maximum atomic E-state index is 11.7. The molecule has 20 heavy (non-hydrogen) atoms. The SMILES string of the molecule is CCCCOc1ccc(C(=O)OO[C](C)COC)cc1. The molecule has 0 aliphatic heterocycles. The largest absolute Gasteiger partial charge is 0.494 e. The average Bonchev–Trinajstić information content (AvgIpc) is 2.46. The molecule has 0 spiro atoms. The van der Waals surface area contributed by atoms with E-state index in [-0.39, 0.29) is 6.61 Å². The van der Waals surface area contributed by atoms with Gasteiger partial charge in [-0.25, -0.2) is 4.79 Å². The number of carbonyl (C=O) groups is 1. The minimum atomic E-state index is -0.555. The van der Waals surface area contributed by atoms with Gasteiger partial charge in [-0.1, -0.05) is 13.3 Å². The summed E-state index contributed by atoms with van der Waals surface area (Å²) in [6.07, 6.45) is 2.56. The van der Waals surface area contributed by atoms with Gasteiger partial charge >= 0.3 is 5.97 Å². The molecule has 0 saturated carbocycles. The fourth-order valence-corrected chi connectivity index (χ4v) is 1.41. The van der Waals surface area contributed by atoms with E-state index in [4.69, 9.17) is 14.4 Å². The number of ether oxygens (including phenoxy) is 2. The third kappa shape index (κ3) is 6.04. The molecule has 0 bridgehead atoms. The summed E-state index contributed by atoms with van der Waals surface area (Å²) in [5.41, 5.74) is 0.401. The Hall–Kier alpha value is -1.59. The van der Waals surface area contributed by atoms with E-state index in [2.05, 4.69) is 11.8 Å². The highest BCUT2D eigenvalue weighted by atomic mass is 17.2. The second-order valence-electron chi connectivity index (χ2n) is 4.32. The summed E-state index contributed by atoms with van der Waals surface area (Å²) in [4.78, 5) is 21.2. The van der Waals surface area contributed by atoms with Gasteiger partial charge < -0.3 is 9.47 Å². The zero-order valence-corrected chi connectivity index (χ0v) is 12.2. The van der Waals surface area contributed by atoms with Crippen LogP contribution < -0.4 is 4.74 Å². The van der Waals surface area contributed by atoms with Crippen LogP contribution in [0.25, 0.3) is 0 Å². The third-order valence-electron chi connectivity index (χ3n) is 2.46. The van der Waals surface area contributed by atoms with Crippen LogP contribution in [-0.4, -0.2) is 26.3 Å². The molecule has 0 aliphatic rings. The van der Waals surface area contributed by atoms with Crippen molar-refractivity contribution in [1.29, 1.82) is 0 Å². The topological polar surface area (TPSA) is 54.0 Å². The Bertz CT molecular complexity index is 388. The molecule has 0 saturated heterocycles. The first kappa shape index (κ1) is 16.5. The van der Waals surface area contributed by atoms with E-state index in [1.165, 1.54) is 7.11 Å². The predicted molar refractivity (Wildman–Crippen MR) is 74.1 cm³/mol. The highest BCUT2D eigenvalue weighted by molar-refractivity contribution is 5.89. The van der Waals surface area contributed by atoms with E-state index in [9.17, 15) is 4.79 Å². The zero-order valence-electron chi connectivity index (χ0n) is 12.2. The van der Waals surface area contributed by atoms with Gasteiger partial charge in [0.1, 0.15) is 5.75 Å². The lowest BCUT2D eigenvalue weighted by Crippen LogP contribution is -2.11. The summed E-state index contributed by atoms with van der Waals surface area (Å²) < 4.78 is 10.3. The van der Waals surface area contributed by atoms with E-state index in [1.807, 2.05) is 0 Å². The fraction of sp³-hybridized carbons (Fsp3) is 0.467. The molecule has 0 fully saturated rings. The summed E-state index contributed by atoms with van der Waals surface area (Å²) >= 11 is 0. The van der Waals surface area contributed by atoms with Crippen LogP contribution in [0.2, 0.25) is 0 Å². The van der Waals surface area contributed by atoms with Gasteiger partial charge in [0.15, 0.2) is 6.10 Å². The van der Waals surface area contributed by atoms with Crippen molar-refractivity contribution in [3.05, 3.63) is 35.9 Å². The zero-order chi connectivity index (χ0) is 14.8. The molecule has 1 aromatic rings. The molecule has 1 aromatic carbocycles. The van der Waals surface area contributed by atoms with Crippen LogP contribution in [-0.2, 0) is 14.5 Å². The first-order valence-corrected chi connectivity index (χ1v) is 6.60. The van der Waals surface area contributed by atoms with Crippen molar-refractivity contribution < 1.29 is 24.0 Å². The lowest BCUT2D eigenvalue weighted by molar-refractivity contribution is -0.237. The van der Waals surface area contributed by atoms with E-state index in [1.54, 1.807) is 31.2 Å². The Morgan fingerprint density at radius 3 is 2.45 bits per heavy atom. The predicted octanol–water partition coefficient (Wildman–Crippen LogP) is 3.15. The van der Waals surface area contributed by atoms with Gasteiger partial charge in [-0.05, 0) is 37.6 Å². The summed E-state index contributed by atoms with van der Waals surface area (Å²) in [5, 5.41) is 0. The molecule has 0 amide bonds. The van der Waals surface area contributed by atoms with E-state index >= 15 is 0 Å². The Balaban J connectivity index is 2.40. The molecular weight excluding hydrogens is 260 g/mol. The molecular formula is C15H21O5. The maximum absolute atomic E-state index is 11.7. The second kappa shape index (κ2) is 9.34. The molecule has 5 nitrogen and oxygen atoms in total.